The summed E-state index contributed by atoms with van der Waals surface area (Å²) in [6, 6.07) is 0. The van der Waals surface area contributed by atoms with Gasteiger partial charge in [-0.2, -0.15) is 0 Å². The maximum absolute atomic E-state index is 12.7. The number of Topliss-reactive ketones (excluding diaryl/α,β-unsaturated/α-hetero) is 1. The first-order valence-corrected chi connectivity index (χ1v) is 13.7. The van der Waals surface area contributed by atoms with Crippen LogP contribution in [0.15, 0.2) is 11.1 Å². The summed E-state index contributed by atoms with van der Waals surface area (Å²) < 4.78 is 12.7. The highest BCUT2D eigenvalue weighted by molar-refractivity contribution is 6.74. The Bertz CT molecular complexity index is 592. The normalized spacial score (nSPS) is 27.3. The summed E-state index contributed by atoms with van der Waals surface area (Å²) in [7, 11) is -1.71. The van der Waals surface area contributed by atoms with Crippen LogP contribution in [-0.4, -0.2) is 32.4 Å². The molecule has 1 fully saturated rings. The summed E-state index contributed by atoms with van der Waals surface area (Å²) in [6.45, 7) is 20.9. The van der Waals surface area contributed by atoms with Crippen LogP contribution in [0.5, 0.6) is 0 Å². The van der Waals surface area contributed by atoms with E-state index in [1.54, 1.807) is 0 Å². The molecule has 2 aliphatic rings. The van der Waals surface area contributed by atoms with Gasteiger partial charge in [0.15, 0.2) is 14.1 Å². The lowest BCUT2D eigenvalue weighted by Crippen LogP contribution is -2.41. The van der Waals surface area contributed by atoms with Crippen LogP contribution in [0.1, 0.15) is 87.0 Å². The van der Waals surface area contributed by atoms with Gasteiger partial charge in [0.1, 0.15) is 0 Å². The van der Waals surface area contributed by atoms with Crippen molar-refractivity contribution in [1.29, 1.82) is 0 Å². The second kappa shape index (κ2) is 7.76. The average Bonchev–Trinajstić information content (AvgIpc) is 2.80. The highest BCUT2D eigenvalue weighted by atomic mass is 28.4. The summed E-state index contributed by atoms with van der Waals surface area (Å²) in [5.74, 6) is 0.367. The average molecular weight is 395 g/mol. The molecule has 0 aliphatic heterocycles. The van der Waals surface area contributed by atoms with E-state index < -0.39 is 8.32 Å². The lowest BCUT2D eigenvalue weighted by molar-refractivity contribution is -0.120. The van der Waals surface area contributed by atoms with E-state index in [-0.39, 0.29) is 22.2 Å². The highest BCUT2D eigenvalue weighted by Gasteiger charge is 2.49. The molecule has 0 aromatic carbocycles. The largest absolute Gasteiger partial charge is 0.417 e. The van der Waals surface area contributed by atoms with Gasteiger partial charge in [0.2, 0.25) is 0 Å². The Kier molecular flexibility index (Phi) is 6.56. The predicted molar refractivity (Wildman–Crippen MR) is 116 cm³/mol. The standard InChI is InChI=1S/C23H42O3Si/c1-21(2,3)26-20-13-12-18-17(19(24)14-15-23(18,20)7)11-10-16-25-27(8,9)22(4,5)6/h20H,10-16H2,1-9H3/t20?,23-/m0/s1. The minimum atomic E-state index is -1.71. The highest BCUT2D eigenvalue weighted by Crippen LogP contribution is 2.53. The molecule has 27 heavy (non-hydrogen) atoms. The Balaban J connectivity index is 2.06. The molecular formula is C23H42O3Si. The minimum absolute atomic E-state index is 0.0385. The summed E-state index contributed by atoms with van der Waals surface area (Å²) in [4.78, 5) is 12.7. The van der Waals surface area contributed by atoms with Crippen molar-refractivity contribution < 1.29 is 14.0 Å². The smallest absolute Gasteiger partial charge is 0.191 e. The number of hydrogen-bond donors (Lipinski definition) is 0. The molecule has 0 aromatic heterocycles. The zero-order valence-electron chi connectivity index (χ0n) is 19.3. The minimum Gasteiger partial charge on any atom is -0.417 e. The molecule has 2 atom stereocenters. The molecule has 1 saturated carbocycles. The Morgan fingerprint density at radius 2 is 1.74 bits per heavy atom. The van der Waals surface area contributed by atoms with Gasteiger partial charge in [-0.05, 0) is 76.6 Å². The van der Waals surface area contributed by atoms with Crippen molar-refractivity contribution in [2.75, 3.05) is 6.61 Å². The van der Waals surface area contributed by atoms with Crippen LogP contribution in [0.4, 0.5) is 0 Å². The third kappa shape index (κ3) is 5.13. The molecular weight excluding hydrogens is 352 g/mol. The van der Waals surface area contributed by atoms with Crippen LogP contribution < -0.4 is 0 Å². The first-order chi connectivity index (χ1) is 12.2. The Labute approximate surface area is 168 Å². The van der Waals surface area contributed by atoms with Crippen molar-refractivity contribution in [3.8, 4) is 0 Å². The van der Waals surface area contributed by atoms with Gasteiger partial charge in [0.25, 0.3) is 0 Å². The third-order valence-electron chi connectivity index (χ3n) is 6.96. The van der Waals surface area contributed by atoms with Crippen LogP contribution in [0.2, 0.25) is 18.1 Å². The number of fused-ring (bicyclic) bond motifs is 1. The van der Waals surface area contributed by atoms with E-state index in [2.05, 4.69) is 61.6 Å². The number of ketones is 1. The zero-order chi connectivity index (χ0) is 20.7. The van der Waals surface area contributed by atoms with E-state index in [9.17, 15) is 4.79 Å². The number of allylic oxidation sites excluding steroid dienone is 1. The molecule has 2 aliphatic carbocycles. The second-order valence-electron chi connectivity index (χ2n) is 11.3. The summed E-state index contributed by atoms with van der Waals surface area (Å²) in [5.41, 5.74) is 2.39. The molecule has 0 N–H and O–H groups in total. The molecule has 1 unspecified atom stereocenters. The molecule has 0 aromatic rings. The molecule has 156 valence electrons. The maximum atomic E-state index is 12.7. The van der Waals surface area contributed by atoms with Gasteiger partial charge < -0.3 is 9.16 Å². The van der Waals surface area contributed by atoms with Crippen molar-refractivity contribution in [1.82, 2.24) is 0 Å². The number of ether oxygens (including phenoxy) is 1. The molecule has 0 radical (unpaired) electrons. The monoisotopic (exact) mass is 394 g/mol. The van der Waals surface area contributed by atoms with Crippen molar-refractivity contribution >= 4 is 14.1 Å². The zero-order valence-corrected chi connectivity index (χ0v) is 20.3. The van der Waals surface area contributed by atoms with Gasteiger partial charge in [-0.25, -0.2) is 0 Å². The van der Waals surface area contributed by atoms with E-state index in [0.717, 1.165) is 44.3 Å². The first-order valence-electron chi connectivity index (χ1n) is 10.7. The Hall–Kier alpha value is -0.453. The number of carbonyl (C=O) groups is 1. The van der Waals surface area contributed by atoms with Crippen molar-refractivity contribution in [2.45, 2.75) is 117 Å². The quantitative estimate of drug-likeness (QED) is 0.384. The van der Waals surface area contributed by atoms with E-state index >= 15 is 0 Å². The molecule has 0 heterocycles. The van der Waals surface area contributed by atoms with Gasteiger partial charge in [-0.15, -0.1) is 0 Å². The van der Waals surface area contributed by atoms with Crippen molar-refractivity contribution in [3.63, 3.8) is 0 Å². The fourth-order valence-electron chi connectivity index (χ4n) is 4.27. The van der Waals surface area contributed by atoms with Crippen LogP contribution in [0.25, 0.3) is 0 Å². The van der Waals surface area contributed by atoms with Crippen molar-refractivity contribution in [2.24, 2.45) is 5.41 Å². The van der Waals surface area contributed by atoms with Gasteiger partial charge in [0, 0.05) is 18.4 Å². The van der Waals surface area contributed by atoms with E-state index in [1.165, 1.54) is 5.57 Å². The number of rotatable bonds is 6. The topological polar surface area (TPSA) is 35.5 Å². The molecule has 0 spiro atoms. The lowest BCUT2D eigenvalue weighted by Gasteiger charge is -2.40. The first kappa shape index (κ1) is 22.8. The van der Waals surface area contributed by atoms with Crippen molar-refractivity contribution in [3.05, 3.63) is 11.1 Å². The fraction of sp³-hybridized carbons (Fsp3) is 0.870. The Morgan fingerprint density at radius 1 is 1.11 bits per heavy atom. The molecule has 0 saturated heterocycles. The van der Waals surface area contributed by atoms with Crippen LogP contribution in [0, 0.1) is 5.41 Å². The number of carbonyl (C=O) groups excluding carboxylic acids is 1. The summed E-state index contributed by atoms with van der Waals surface area (Å²) in [6.07, 6.45) is 5.70. The van der Waals surface area contributed by atoms with Gasteiger partial charge in [-0.3, -0.25) is 4.79 Å². The third-order valence-corrected chi connectivity index (χ3v) is 11.5. The molecule has 3 nitrogen and oxygen atoms in total. The predicted octanol–water partition coefficient (Wildman–Crippen LogP) is 6.43. The molecule has 4 heteroatoms. The second-order valence-corrected chi connectivity index (χ2v) is 16.1. The van der Waals surface area contributed by atoms with Gasteiger partial charge in [-0.1, -0.05) is 33.3 Å². The molecule has 0 bridgehead atoms. The summed E-state index contributed by atoms with van der Waals surface area (Å²) >= 11 is 0. The van der Waals surface area contributed by atoms with E-state index in [1.807, 2.05) is 0 Å². The van der Waals surface area contributed by atoms with Crippen LogP contribution in [-0.2, 0) is 14.0 Å². The number of hydrogen-bond acceptors (Lipinski definition) is 3. The molecule has 2 rings (SSSR count). The van der Waals surface area contributed by atoms with E-state index in [0.29, 0.717) is 12.2 Å². The molecule has 0 amide bonds. The van der Waals surface area contributed by atoms with Gasteiger partial charge >= 0.3 is 0 Å². The van der Waals surface area contributed by atoms with Crippen LogP contribution >= 0.6 is 0 Å². The lowest BCUT2D eigenvalue weighted by atomic mass is 9.70. The maximum Gasteiger partial charge on any atom is 0.191 e. The van der Waals surface area contributed by atoms with Gasteiger partial charge in [0.05, 0.1) is 11.7 Å². The SMILES string of the molecule is CC(C)(C)OC1CCC2=C(CCCO[Si](C)(C)C(C)(C)C)C(=O)CC[C@@]21C. The van der Waals surface area contributed by atoms with Crippen LogP contribution in [0.3, 0.4) is 0 Å². The fourth-order valence-corrected chi connectivity index (χ4v) is 5.36. The Morgan fingerprint density at radius 3 is 2.30 bits per heavy atom. The van der Waals surface area contributed by atoms with E-state index in [4.69, 9.17) is 9.16 Å². The summed E-state index contributed by atoms with van der Waals surface area (Å²) in [5, 5.41) is 0.233.